The van der Waals surface area contributed by atoms with Crippen LogP contribution in [0.2, 0.25) is 0 Å². The van der Waals surface area contributed by atoms with E-state index < -0.39 is 9.84 Å². The van der Waals surface area contributed by atoms with Gasteiger partial charge < -0.3 is 4.90 Å². The molecule has 124 valence electrons. The maximum atomic E-state index is 12.7. The molecule has 1 aromatic carbocycles. The molecule has 0 aliphatic heterocycles. The van der Waals surface area contributed by atoms with Gasteiger partial charge in [-0.1, -0.05) is 32.4 Å². The maximum absolute atomic E-state index is 12.7. The highest BCUT2D eigenvalue weighted by atomic mass is 32.2. The highest BCUT2D eigenvalue weighted by Crippen LogP contribution is 2.15. The molecule has 0 heterocycles. The fraction of sp³-hybridized carbons (Fsp3) is 0.588. The van der Waals surface area contributed by atoms with Gasteiger partial charge in [0.15, 0.2) is 9.84 Å². The Bertz CT molecular complexity index is 596. The average molecular weight is 325 g/mol. The second-order valence-corrected chi connectivity index (χ2v) is 8.02. The van der Waals surface area contributed by atoms with Crippen molar-refractivity contribution >= 4 is 15.7 Å². The number of nitrogens with zero attached hydrogens (tertiary/aromatic N) is 1. The largest absolute Gasteiger partial charge is 0.336 e. The summed E-state index contributed by atoms with van der Waals surface area (Å²) in [5, 5.41) is 0. The molecule has 0 aliphatic carbocycles. The zero-order valence-corrected chi connectivity index (χ0v) is 14.8. The van der Waals surface area contributed by atoms with E-state index in [1.165, 1.54) is 6.26 Å². The van der Waals surface area contributed by atoms with E-state index >= 15 is 0 Å². The second kappa shape index (κ2) is 8.32. The molecule has 1 rings (SSSR count). The number of sulfone groups is 1. The number of benzene rings is 1. The summed E-state index contributed by atoms with van der Waals surface area (Å²) < 4.78 is 22.8. The van der Waals surface area contributed by atoms with Gasteiger partial charge in [0, 0.05) is 24.4 Å². The van der Waals surface area contributed by atoms with Gasteiger partial charge in [0.25, 0.3) is 5.91 Å². The molecule has 0 radical (unpaired) electrons. The smallest absolute Gasteiger partial charge is 0.254 e. The summed E-state index contributed by atoms with van der Waals surface area (Å²) >= 11 is 0. The van der Waals surface area contributed by atoms with E-state index in [1.807, 2.05) is 11.8 Å². The Morgan fingerprint density at radius 1 is 1.27 bits per heavy atom. The van der Waals surface area contributed by atoms with Crippen LogP contribution in [0.5, 0.6) is 0 Å². The third kappa shape index (κ3) is 5.79. The van der Waals surface area contributed by atoms with E-state index in [0.29, 0.717) is 11.1 Å². The molecule has 0 saturated carbocycles. The van der Waals surface area contributed by atoms with Gasteiger partial charge in [0.2, 0.25) is 0 Å². The Morgan fingerprint density at radius 3 is 2.50 bits per heavy atom. The molecule has 0 fully saturated rings. The summed E-state index contributed by atoms with van der Waals surface area (Å²) in [5.41, 5.74) is 1.23. The summed E-state index contributed by atoms with van der Waals surface area (Å²) in [4.78, 5) is 14.6. The number of unbranched alkanes of at least 4 members (excludes halogenated alkanes) is 1. The minimum Gasteiger partial charge on any atom is -0.336 e. The standard InChI is InChI=1S/C17H27NO3S/c1-5-7-11-18(14(3)6-2)17(19)16-10-8-9-15(12-16)13-22(4,20)21/h8-10,12,14H,5-7,11,13H2,1-4H3/t14-/m1/s1. The van der Waals surface area contributed by atoms with Gasteiger partial charge >= 0.3 is 0 Å². The van der Waals surface area contributed by atoms with Gasteiger partial charge in [-0.25, -0.2) is 8.42 Å². The van der Waals surface area contributed by atoms with Crippen LogP contribution in [0, 0.1) is 0 Å². The summed E-state index contributed by atoms with van der Waals surface area (Å²) in [6.07, 6.45) is 4.11. The molecule has 0 bridgehead atoms. The quantitative estimate of drug-likeness (QED) is 0.737. The topological polar surface area (TPSA) is 54.5 Å². The molecule has 0 spiro atoms. The van der Waals surface area contributed by atoms with Gasteiger partial charge in [0.05, 0.1) is 5.75 Å². The maximum Gasteiger partial charge on any atom is 0.254 e. The van der Waals surface area contributed by atoms with Crippen molar-refractivity contribution in [1.29, 1.82) is 0 Å². The van der Waals surface area contributed by atoms with Crippen LogP contribution in [0.25, 0.3) is 0 Å². The predicted octanol–water partition coefficient (Wildman–Crippen LogP) is 3.27. The van der Waals surface area contributed by atoms with Crippen molar-refractivity contribution in [2.45, 2.75) is 51.8 Å². The van der Waals surface area contributed by atoms with E-state index in [1.54, 1.807) is 24.3 Å². The minimum absolute atomic E-state index is 0.0156. The molecule has 5 heteroatoms. The van der Waals surface area contributed by atoms with Crippen molar-refractivity contribution in [1.82, 2.24) is 4.90 Å². The minimum atomic E-state index is -3.10. The lowest BCUT2D eigenvalue weighted by atomic mass is 10.1. The zero-order valence-electron chi connectivity index (χ0n) is 14.0. The highest BCUT2D eigenvalue weighted by molar-refractivity contribution is 7.89. The molecule has 0 aliphatic rings. The Balaban J connectivity index is 3.00. The summed E-state index contributed by atoms with van der Waals surface area (Å²) in [6, 6.07) is 7.14. The molecule has 0 N–H and O–H groups in total. The van der Waals surface area contributed by atoms with Crippen LogP contribution in [-0.4, -0.2) is 38.1 Å². The van der Waals surface area contributed by atoms with Gasteiger partial charge in [-0.3, -0.25) is 4.79 Å². The molecular weight excluding hydrogens is 298 g/mol. The molecule has 4 nitrogen and oxygen atoms in total. The van der Waals surface area contributed by atoms with E-state index in [2.05, 4.69) is 13.8 Å². The summed E-state index contributed by atoms with van der Waals surface area (Å²) in [7, 11) is -3.10. The molecule has 1 atom stereocenters. The molecule has 22 heavy (non-hydrogen) atoms. The van der Waals surface area contributed by atoms with Crippen molar-refractivity contribution in [3.8, 4) is 0 Å². The van der Waals surface area contributed by atoms with Crippen LogP contribution >= 0.6 is 0 Å². The third-order valence-electron chi connectivity index (χ3n) is 3.74. The first-order valence-corrected chi connectivity index (χ1v) is 9.92. The van der Waals surface area contributed by atoms with Crippen molar-refractivity contribution in [3.05, 3.63) is 35.4 Å². The Morgan fingerprint density at radius 2 is 1.95 bits per heavy atom. The van der Waals surface area contributed by atoms with Crippen molar-refractivity contribution < 1.29 is 13.2 Å². The lowest BCUT2D eigenvalue weighted by molar-refractivity contribution is 0.0685. The Labute approximate surface area is 134 Å². The zero-order chi connectivity index (χ0) is 16.8. The van der Waals surface area contributed by atoms with Crippen LogP contribution in [0.3, 0.4) is 0 Å². The highest BCUT2D eigenvalue weighted by Gasteiger charge is 2.20. The van der Waals surface area contributed by atoms with Crippen LogP contribution in [0.4, 0.5) is 0 Å². The lowest BCUT2D eigenvalue weighted by Crippen LogP contribution is -2.39. The third-order valence-corrected chi connectivity index (χ3v) is 4.60. The van der Waals surface area contributed by atoms with Crippen molar-refractivity contribution in [2.24, 2.45) is 0 Å². The van der Waals surface area contributed by atoms with Gasteiger partial charge in [-0.05, 0) is 37.5 Å². The van der Waals surface area contributed by atoms with Gasteiger partial charge in [-0.2, -0.15) is 0 Å². The number of hydrogen-bond acceptors (Lipinski definition) is 3. The first-order valence-electron chi connectivity index (χ1n) is 7.86. The summed E-state index contributed by atoms with van der Waals surface area (Å²) in [5.74, 6) is -0.0509. The number of amides is 1. The van der Waals surface area contributed by atoms with Crippen molar-refractivity contribution in [3.63, 3.8) is 0 Å². The molecular formula is C17H27NO3S. The monoisotopic (exact) mass is 325 g/mol. The molecule has 0 saturated heterocycles. The van der Waals surface area contributed by atoms with E-state index in [4.69, 9.17) is 0 Å². The SMILES string of the molecule is CCCCN(C(=O)c1cccc(CS(C)(=O)=O)c1)[C@H](C)CC. The fourth-order valence-corrected chi connectivity index (χ4v) is 3.12. The van der Waals surface area contributed by atoms with Crippen molar-refractivity contribution in [2.75, 3.05) is 12.8 Å². The molecule has 1 amide bonds. The number of carbonyl (C=O) groups excluding carboxylic acids is 1. The van der Waals surface area contributed by atoms with E-state index in [9.17, 15) is 13.2 Å². The van der Waals surface area contributed by atoms with Gasteiger partial charge in [0.1, 0.15) is 0 Å². The molecule has 1 aromatic rings. The fourth-order valence-electron chi connectivity index (χ4n) is 2.33. The predicted molar refractivity (Wildman–Crippen MR) is 90.7 cm³/mol. The van der Waals surface area contributed by atoms with Crippen LogP contribution < -0.4 is 0 Å². The molecule has 0 unspecified atom stereocenters. The first-order chi connectivity index (χ1) is 10.3. The number of rotatable bonds is 8. The number of carbonyl (C=O) groups is 1. The van der Waals surface area contributed by atoms with Gasteiger partial charge in [-0.15, -0.1) is 0 Å². The van der Waals surface area contributed by atoms with Crippen LogP contribution in [-0.2, 0) is 15.6 Å². The summed E-state index contributed by atoms with van der Waals surface area (Å²) in [6.45, 7) is 6.96. The lowest BCUT2D eigenvalue weighted by Gasteiger charge is -2.29. The van der Waals surface area contributed by atoms with Crippen LogP contribution in [0.1, 0.15) is 56.0 Å². The molecule has 0 aromatic heterocycles. The Hall–Kier alpha value is -1.36. The van der Waals surface area contributed by atoms with E-state index in [-0.39, 0.29) is 17.7 Å². The van der Waals surface area contributed by atoms with Crippen LogP contribution in [0.15, 0.2) is 24.3 Å². The Kier molecular flexibility index (Phi) is 7.07. The average Bonchev–Trinajstić information content (AvgIpc) is 2.45. The first kappa shape index (κ1) is 18.7. The second-order valence-electron chi connectivity index (χ2n) is 5.88. The number of hydrogen-bond donors (Lipinski definition) is 0. The van der Waals surface area contributed by atoms with E-state index in [0.717, 1.165) is 25.8 Å². The normalized spacial score (nSPS) is 12.9.